The van der Waals surface area contributed by atoms with Crippen LogP contribution in [0.5, 0.6) is 0 Å². The van der Waals surface area contributed by atoms with Crippen molar-refractivity contribution in [1.29, 1.82) is 0 Å². The molecule has 1 aromatic carbocycles. The fraction of sp³-hybridized carbons (Fsp3) is 0.455. The Morgan fingerprint density at radius 3 is 3.00 bits per heavy atom. The van der Waals surface area contributed by atoms with E-state index in [0.29, 0.717) is 5.25 Å². The van der Waals surface area contributed by atoms with Crippen LogP contribution in [-0.4, -0.2) is 5.25 Å². The quantitative estimate of drug-likeness (QED) is 0.790. The monoisotopic (exact) mass is 289 g/mol. The second-order valence-electron chi connectivity index (χ2n) is 3.89. The highest BCUT2D eigenvalue weighted by atomic mass is 79.9. The molecule has 1 aromatic rings. The number of halogens is 2. The lowest BCUT2D eigenvalue weighted by atomic mass is 9.98. The fourth-order valence-electron chi connectivity index (χ4n) is 1.93. The minimum Gasteiger partial charge on any atom is -0.324 e. The number of fused-ring (bicyclic) bond motifs is 1. The van der Waals surface area contributed by atoms with E-state index in [2.05, 4.69) is 22.9 Å². The first-order valence-corrected chi connectivity index (χ1v) is 6.77. The molecule has 2 N–H and O–H groups in total. The van der Waals surface area contributed by atoms with Gasteiger partial charge in [-0.2, -0.15) is 11.8 Å². The van der Waals surface area contributed by atoms with Crippen molar-refractivity contribution >= 4 is 27.7 Å². The van der Waals surface area contributed by atoms with Crippen LogP contribution in [0.15, 0.2) is 16.6 Å². The first-order valence-electron chi connectivity index (χ1n) is 4.93. The van der Waals surface area contributed by atoms with E-state index in [9.17, 15) is 4.39 Å². The summed E-state index contributed by atoms with van der Waals surface area (Å²) in [5, 5.41) is 0.485. The molecule has 0 bridgehead atoms. The van der Waals surface area contributed by atoms with E-state index < -0.39 is 0 Å². The molecule has 0 aliphatic carbocycles. The number of nitrogens with two attached hydrogens (primary N) is 1. The van der Waals surface area contributed by atoms with Crippen molar-refractivity contribution in [3.8, 4) is 0 Å². The first-order chi connectivity index (χ1) is 7.09. The molecule has 82 valence electrons. The van der Waals surface area contributed by atoms with Gasteiger partial charge in [0.15, 0.2) is 0 Å². The molecule has 1 aliphatic rings. The van der Waals surface area contributed by atoms with Gasteiger partial charge < -0.3 is 5.73 Å². The molecule has 4 heteroatoms. The molecule has 1 nitrogen and oxygen atoms in total. The molecule has 1 aliphatic heterocycles. The standard InChI is InChI=1S/C11H13BrFNS/c1-6-4-10(14)11-7(5-15-6)9(13)3-2-8(11)12/h2-3,6,10H,4-5,14H2,1H3. The molecule has 0 amide bonds. The normalized spacial score (nSPS) is 25.9. The second-order valence-corrected chi connectivity index (χ2v) is 6.17. The highest BCUT2D eigenvalue weighted by Crippen LogP contribution is 2.38. The zero-order valence-electron chi connectivity index (χ0n) is 8.47. The minimum atomic E-state index is -0.134. The maximum absolute atomic E-state index is 13.6. The van der Waals surface area contributed by atoms with Crippen molar-refractivity contribution < 1.29 is 4.39 Å². The van der Waals surface area contributed by atoms with E-state index in [1.807, 2.05) is 0 Å². The van der Waals surface area contributed by atoms with Gasteiger partial charge in [0.1, 0.15) is 5.82 Å². The molecule has 0 radical (unpaired) electrons. The summed E-state index contributed by atoms with van der Waals surface area (Å²) in [5.41, 5.74) is 7.82. The molecular formula is C11H13BrFNS. The number of rotatable bonds is 0. The smallest absolute Gasteiger partial charge is 0.127 e. The van der Waals surface area contributed by atoms with Crippen molar-refractivity contribution in [2.24, 2.45) is 5.73 Å². The fourth-order valence-corrected chi connectivity index (χ4v) is 3.68. The van der Waals surface area contributed by atoms with Gasteiger partial charge in [-0.05, 0) is 24.1 Å². The zero-order valence-corrected chi connectivity index (χ0v) is 10.9. The van der Waals surface area contributed by atoms with Crippen LogP contribution in [-0.2, 0) is 5.75 Å². The Balaban J connectivity index is 2.52. The average Bonchev–Trinajstić information content (AvgIpc) is 2.32. The Bertz CT molecular complexity index is 383. The molecule has 0 fully saturated rings. The number of thioether (sulfide) groups is 1. The maximum Gasteiger partial charge on any atom is 0.127 e. The summed E-state index contributed by atoms with van der Waals surface area (Å²) in [6, 6.07) is 3.19. The van der Waals surface area contributed by atoms with Gasteiger partial charge in [-0.3, -0.25) is 0 Å². The molecule has 1 heterocycles. The van der Waals surface area contributed by atoms with Crippen LogP contribution in [0, 0.1) is 5.82 Å². The summed E-state index contributed by atoms with van der Waals surface area (Å²) in [6.07, 6.45) is 0.903. The molecule has 0 saturated carbocycles. The van der Waals surface area contributed by atoms with Crippen molar-refractivity contribution in [2.45, 2.75) is 30.4 Å². The van der Waals surface area contributed by atoms with E-state index in [0.717, 1.165) is 27.8 Å². The first kappa shape index (κ1) is 11.4. The summed E-state index contributed by atoms with van der Waals surface area (Å²) >= 11 is 5.22. The van der Waals surface area contributed by atoms with Crippen LogP contribution in [0.3, 0.4) is 0 Å². The largest absolute Gasteiger partial charge is 0.324 e. The van der Waals surface area contributed by atoms with Crippen LogP contribution in [0.25, 0.3) is 0 Å². The van der Waals surface area contributed by atoms with E-state index in [1.165, 1.54) is 6.07 Å². The van der Waals surface area contributed by atoms with Crippen molar-refractivity contribution in [3.05, 3.63) is 33.5 Å². The van der Waals surface area contributed by atoms with Gasteiger partial charge in [0.25, 0.3) is 0 Å². The molecule has 15 heavy (non-hydrogen) atoms. The zero-order chi connectivity index (χ0) is 11.0. The van der Waals surface area contributed by atoms with Gasteiger partial charge >= 0.3 is 0 Å². The summed E-state index contributed by atoms with van der Waals surface area (Å²) in [6.45, 7) is 2.14. The Morgan fingerprint density at radius 2 is 2.27 bits per heavy atom. The third kappa shape index (κ3) is 2.22. The molecule has 0 spiro atoms. The summed E-state index contributed by atoms with van der Waals surface area (Å²) in [4.78, 5) is 0. The van der Waals surface area contributed by atoms with Gasteiger partial charge in [-0.15, -0.1) is 0 Å². The van der Waals surface area contributed by atoms with E-state index in [1.54, 1.807) is 17.8 Å². The molecule has 0 aromatic heterocycles. The average molecular weight is 290 g/mol. The summed E-state index contributed by atoms with van der Waals surface area (Å²) < 4.78 is 14.6. The van der Waals surface area contributed by atoms with E-state index in [-0.39, 0.29) is 11.9 Å². The van der Waals surface area contributed by atoms with Gasteiger partial charge in [-0.1, -0.05) is 22.9 Å². The van der Waals surface area contributed by atoms with Crippen molar-refractivity contribution in [1.82, 2.24) is 0 Å². The molecule has 2 unspecified atom stereocenters. The van der Waals surface area contributed by atoms with Crippen LogP contribution in [0.4, 0.5) is 4.39 Å². The maximum atomic E-state index is 13.6. The number of hydrogen-bond donors (Lipinski definition) is 1. The van der Waals surface area contributed by atoms with Crippen LogP contribution >= 0.6 is 27.7 Å². The van der Waals surface area contributed by atoms with Crippen LogP contribution < -0.4 is 5.73 Å². The van der Waals surface area contributed by atoms with Gasteiger partial charge in [-0.25, -0.2) is 4.39 Å². The van der Waals surface area contributed by atoms with Crippen LogP contribution in [0.1, 0.15) is 30.5 Å². The molecule has 2 atom stereocenters. The SMILES string of the molecule is CC1CC(N)c2c(Br)ccc(F)c2CS1. The summed E-state index contributed by atoms with van der Waals surface area (Å²) in [5.74, 6) is 0.584. The third-order valence-electron chi connectivity index (χ3n) is 2.72. The highest BCUT2D eigenvalue weighted by molar-refractivity contribution is 9.10. The molecule has 0 saturated heterocycles. The lowest BCUT2D eigenvalue weighted by Crippen LogP contribution is -2.15. The number of hydrogen-bond acceptors (Lipinski definition) is 2. The lowest BCUT2D eigenvalue weighted by molar-refractivity contribution is 0.599. The predicted molar refractivity (Wildman–Crippen MR) is 66.4 cm³/mol. The Hall–Kier alpha value is -0.0600. The second kappa shape index (κ2) is 4.44. The highest BCUT2D eigenvalue weighted by Gasteiger charge is 2.24. The third-order valence-corrected chi connectivity index (χ3v) is 4.62. The molecule has 2 rings (SSSR count). The van der Waals surface area contributed by atoms with E-state index in [4.69, 9.17) is 5.73 Å². The topological polar surface area (TPSA) is 26.0 Å². The number of benzene rings is 1. The predicted octanol–water partition coefficient (Wildman–Crippen LogP) is 3.61. The van der Waals surface area contributed by atoms with Crippen molar-refractivity contribution in [3.63, 3.8) is 0 Å². The lowest BCUT2D eigenvalue weighted by Gasteiger charge is -2.15. The van der Waals surface area contributed by atoms with Gasteiger partial charge in [0.05, 0.1) is 0 Å². The minimum absolute atomic E-state index is 0.0601. The Labute approximate surface area is 102 Å². The van der Waals surface area contributed by atoms with Gasteiger partial charge in [0, 0.05) is 27.1 Å². The van der Waals surface area contributed by atoms with Crippen LogP contribution in [0.2, 0.25) is 0 Å². The van der Waals surface area contributed by atoms with Crippen molar-refractivity contribution in [2.75, 3.05) is 0 Å². The Morgan fingerprint density at radius 1 is 1.53 bits per heavy atom. The van der Waals surface area contributed by atoms with Gasteiger partial charge in [0.2, 0.25) is 0 Å². The molecular weight excluding hydrogens is 277 g/mol. The Kier molecular flexibility index (Phi) is 3.38. The van der Waals surface area contributed by atoms with E-state index >= 15 is 0 Å². The summed E-state index contributed by atoms with van der Waals surface area (Å²) in [7, 11) is 0.